The molecule has 0 saturated carbocycles. The van der Waals surface area contributed by atoms with Crippen LogP contribution in [0.1, 0.15) is 84.0 Å². The highest BCUT2D eigenvalue weighted by molar-refractivity contribution is 5.89. The maximum absolute atomic E-state index is 14.0. The van der Waals surface area contributed by atoms with Crippen molar-refractivity contribution in [1.82, 2.24) is 42.1 Å². The Morgan fingerprint density at radius 3 is 1.57 bits per heavy atom. The van der Waals surface area contributed by atoms with Gasteiger partial charge in [-0.15, -0.1) is 0 Å². The molecule has 14 nitrogen and oxygen atoms in total. The van der Waals surface area contributed by atoms with Crippen LogP contribution in [0.4, 0.5) is 0 Å². The van der Waals surface area contributed by atoms with E-state index in [9.17, 15) is 9.59 Å². The summed E-state index contributed by atoms with van der Waals surface area (Å²) in [5.74, 6) is 0.629. The van der Waals surface area contributed by atoms with Gasteiger partial charge in [0, 0.05) is 118 Å². The molecule has 14 heteroatoms. The van der Waals surface area contributed by atoms with Gasteiger partial charge in [-0.05, 0) is 31.1 Å². The normalized spacial score (nSPS) is 19.7. The number of amides is 2. The number of rotatable bonds is 36. The molecule has 13 N–H and O–H groups in total. The van der Waals surface area contributed by atoms with Crippen LogP contribution in [0.5, 0.6) is 0 Å². The molecule has 0 aromatic heterocycles. The molecule has 4 unspecified atom stereocenters. The van der Waals surface area contributed by atoms with Gasteiger partial charge in [0.2, 0.25) is 11.8 Å². The van der Waals surface area contributed by atoms with E-state index in [0.29, 0.717) is 52.4 Å². The number of hydrogen-bond donors (Lipinski definition) is 10. The number of hydrogen-bond acceptors (Lipinski definition) is 12. The van der Waals surface area contributed by atoms with Crippen molar-refractivity contribution in [3.8, 4) is 0 Å². The van der Waals surface area contributed by atoms with E-state index < -0.39 is 0 Å². The number of nitrogens with one attached hydrogen (secondary N) is 7. The van der Waals surface area contributed by atoms with Crippen molar-refractivity contribution >= 4 is 17.6 Å². The molecule has 0 bridgehead atoms. The van der Waals surface area contributed by atoms with Crippen molar-refractivity contribution in [2.75, 3.05) is 118 Å². The maximum atomic E-state index is 14.0. The Labute approximate surface area is 328 Å². The third-order valence-electron chi connectivity index (χ3n) is 10.6. The number of amidine groups is 1. The smallest absolute Gasteiger partial charge is 0.224 e. The monoisotopic (exact) mass is 763 g/mol. The molecule has 0 spiro atoms. The minimum atomic E-state index is -0.378. The molecular weight excluding hydrogens is 681 g/mol. The molecule has 2 amide bonds. The Balaban J connectivity index is 1.92. The topological polar surface area (TPSA) is 212 Å². The van der Waals surface area contributed by atoms with Gasteiger partial charge >= 0.3 is 0 Å². The van der Waals surface area contributed by atoms with Crippen LogP contribution in [0.25, 0.3) is 0 Å². The summed E-state index contributed by atoms with van der Waals surface area (Å²) in [6.07, 6.45) is 17.7. The standard InChI is InChI=1S/C40H82N12O2/c1-2-3-4-8-11-34-14-15-35(12-9-6-5-7-10-13-36-49-31-33-52(36)32-30-48-25-23-45-20-17-42)38(39(53)50-28-26-46-21-18-43)37(34)40(54)51-29-27-47-24-22-44-19-16-41/h14-15,34-35,37-38,44-48H,2-13,16-33,41-43H2,1H3,(H,50,53)(H,51,54). The van der Waals surface area contributed by atoms with Crippen LogP contribution in [0.3, 0.4) is 0 Å². The van der Waals surface area contributed by atoms with Crippen LogP contribution >= 0.6 is 0 Å². The lowest BCUT2D eigenvalue weighted by Gasteiger charge is -2.38. The number of aliphatic imine (C=N–C) groups is 1. The number of allylic oxidation sites excluding steroid dienone is 2. The van der Waals surface area contributed by atoms with E-state index in [1.165, 1.54) is 31.5 Å². The van der Waals surface area contributed by atoms with Crippen LogP contribution < -0.4 is 54.4 Å². The number of nitrogens with zero attached hydrogens (tertiary/aromatic N) is 2. The second-order valence-corrected chi connectivity index (χ2v) is 14.9. The summed E-state index contributed by atoms with van der Waals surface area (Å²) in [5, 5.41) is 23.2. The van der Waals surface area contributed by atoms with Crippen molar-refractivity contribution in [1.29, 1.82) is 0 Å². The van der Waals surface area contributed by atoms with Crippen LogP contribution in [0, 0.1) is 23.7 Å². The van der Waals surface area contributed by atoms with Crippen molar-refractivity contribution in [3.05, 3.63) is 12.2 Å². The second-order valence-electron chi connectivity index (χ2n) is 14.9. The second kappa shape index (κ2) is 33.0. The van der Waals surface area contributed by atoms with Gasteiger partial charge in [0.05, 0.1) is 24.2 Å². The van der Waals surface area contributed by atoms with Crippen molar-refractivity contribution in [2.24, 2.45) is 45.9 Å². The maximum Gasteiger partial charge on any atom is 0.224 e. The summed E-state index contributed by atoms with van der Waals surface area (Å²) >= 11 is 0. The Hall–Kier alpha value is -2.17. The number of unbranched alkanes of at least 4 members (excludes halogenated alkanes) is 7. The minimum Gasteiger partial charge on any atom is -0.357 e. The van der Waals surface area contributed by atoms with E-state index in [0.717, 1.165) is 117 Å². The van der Waals surface area contributed by atoms with Gasteiger partial charge in [0.1, 0.15) is 0 Å². The molecule has 2 rings (SSSR count). The fourth-order valence-corrected chi connectivity index (χ4v) is 7.61. The number of carbonyl (C=O) groups excluding carboxylic acids is 2. The van der Waals surface area contributed by atoms with E-state index >= 15 is 0 Å². The molecule has 0 saturated heterocycles. The van der Waals surface area contributed by atoms with Gasteiger partial charge in [-0.1, -0.05) is 70.4 Å². The highest BCUT2D eigenvalue weighted by Crippen LogP contribution is 2.40. The van der Waals surface area contributed by atoms with Gasteiger partial charge in [-0.3, -0.25) is 14.6 Å². The average Bonchev–Trinajstić information content (AvgIpc) is 3.63. The molecule has 54 heavy (non-hydrogen) atoms. The number of carbonyl (C=O) groups is 2. The molecule has 2 aliphatic rings. The first-order valence-electron chi connectivity index (χ1n) is 21.7. The Morgan fingerprint density at radius 2 is 1.06 bits per heavy atom. The Bertz CT molecular complexity index is 1000. The molecule has 1 aliphatic heterocycles. The van der Waals surface area contributed by atoms with Gasteiger partial charge < -0.3 is 59.3 Å². The fourth-order valence-electron chi connectivity index (χ4n) is 7.61. The van der Waals surface area contributed by atoms with Crippen LogP contribution in [0.15, 0.2) is 17.1 Å². The summed E-state index contributed by atoms with van der Waals surface area (Å²) in [4.78, 5) is 35.3. The van der Waals surface area contributed by atoms with E-state index in [1.54, 1.807) is 0 Å². The van der Waals surface area contributed by atoms with Crippen LogP contribution in [-0.4, -0.2) is 140 Å². The molecular formula is C40H82N12O2. The van der Waals surface area contributed by atoms with Gasteiger partial charge in [0.15, 0.2) is 0 Å². The Morgan fingerprint density at radius 1 is 0.611 bits per heavy atom. The summed E-state index contributed by atoms with van der Waals surface area (Å²) < 4.78 is 0. The van der Waals surface area contributed by atoms with E-state index in [4.69, 9.17) is 22.2 Å². The largest absolute Gasteiger partial charge is 0.357 e. The molecule has 1 aliphatic carbocycles. The first kappa shape index (κ1) is 48.0. The lowest BCUT2D eigenvalue weighted by molar-refractivity contribution is -0.138. The molecule has 0 aromatic carbocycles. The SMILES string of the molecule is CCCCCCC1C=CC(CCCCCCCC2=NCCN2CCNCCNCCN)C(C(=O)NCCNCCN)C1C(=O)NCCNCCNCCN. The first-order valence-corrected chi connectivity index (χ1v) is 21.7. The predicted octanol–water partition coefficient (Wildman–Crippen LogP) is 0.493. The zero-order valence-electron chi connectivity index (χ0n) is 34.1. The zero-order chi connectivity index (χ0) is 38.9. The predicted molar refractivity (Wildman–Crippen MR) is 226 cm³/mol. The van der Waals surface area contributed by atoms with E-state index in [2.05, 4.69) is 61.2 Å². The summed E-state index contributed by atoms with van der Waals surface area (Å²) in [6.45, 7) is 16.3. The molecule has 0 radical (unpaired) electrons. The summed E-state index contributed by atoms with van der Waals surface area (Å²) in [6, 6.07) is 0. The van der Waals surface area contributed by atoms with Crippen molar-refractivity contribution in [3.63, 3.8) is 0 Å². The highest BCUT2D eigenvalue weighted by atomic mass is 16.2. The molecule has 4 atom stereocenters. The minimum absolute atomic E-state index is 0.00191. The third kappa shape index (κ3) is 21.2. The molecule has 0 fully saturated rings. The summed E-state index contributed by atoms with van der Waals surface area (Å²) in [7, 11) is 0. The highest BCUT2D eigenvalue weighted by Gasteiger charge is 2.44. The summed E-state index contributed by atoms with van der Waals surface area (Å²) in [5.41, 5.74) is 16.7. The molecule has 1 heterocycles. The zero-order valence-corrected chi connectivity index (χ0v) is 34.1. The Kier molecular flexibility index (Phi) is 29.3. The van der Waals surface area contributed by atoms with Gasteiger partial charge in [-0.25, -0.2) is 0 Å². The van der Waals surface area contributed by atoms with Crippen LogP contribution in [-0.2, 0) is 9.59 Å². The van der Waals surface area contributed by atoms with E-state index in [-0.39, 0.29) is 35.5 Å². The number of nitrogens with two attached hydrogens (primary N) is 3. The van der Waals surface area contributed by atoms with Gasteiger partial charge in [0.25, 0.3) is 0 Å². The quantitative estimate of drug-likeness (QED) is 0.0314. The van der Waals surface area contributed by atoms with E-state index in [1.807, 2.05) is 0 Å². The van der Waals surface area contributed by atoms with Crippen molar-refractivity contribution < 1.29 is 9.59 Å². The lowest BCUT2D eigenvalue weighted by Crippen LogP contribution is -2.50. The fraction of sp³-hybridized carbons (Fsp3) is 0.875. The van der Waals surface area contributed by atoms with Gasteiger partial charge in [-0.2, -0.15) is 0 Å². The molecule has 314 valence electrons. The lowest BCUT2D eigenvalue weighted by atomic mass is 9.67. The van der Waals surface area contributed by atoms with Crippen molar-refractivity contribution in [2.45, 2.75) is 84.0 Å². The molecule has 0 aromatic rings. The van der Waals surface area contributed by atoms with Crippen LogP contribution in [0.2, 0.25) is 0 Å². The first-order chi connectivity index (χ1) is 26.6. The third-order valence-corrected chi connectivity index (χ3v) is 10.6. The average molecular weight is 763 g/mol.